The first-order valence-electron chi connectivity index (χ1n) is 11.1. The summed E-state index contributed by atoms with van der Waals surface area (Å²) in [7, 11) is 0. The standard InChI is InChI=1S/C29H28N2O/c1-3-18-28(21-32)24-15-9-11-17-26(24)31(20-22-12-6-5-7-13-22)27-29(28,19-4-2)23-14-8-10-16-25(23)30-27/h3-17,32H,1-2,18-21H2/t28-,29-/m1/s1. The predicted molar refractivity (Wildman–Crippen MR) is 133 cm³/mol. The Kier molecular flexibility index (Phi) is 5.07. The second-order valence-electron chi connectivity index (χ2n) is 8.67. The van der Waals surface area contributed by atoms with E-state index in [4.69, 9.17) is 4.99 Å². The summed E-state index contributed by atoms with van der Waals surface area (Å²) in [6.07, 6.45) is 5.22. The highest BCUT2D eigenvalue weighted by atomic mass is 16.3. The normalized spacial score (nSPS) is 23.0. The van der Waals surface area contributed by atoms with Crippen LogP contribution in [0.2, 0.25) is 0 Å². The van der Waals surface area contributed by atoms with Crippen LogP contribution in [0.5, 0.6) is 0 Å². The number of anilines is 1. The molecule has 3 heteroatoms. The molecule has 160 valence electrons. The van der Waals surface area contributed by atoms with Crippen molar-refractivity contribution in [2.45, 2.75) is 30.2 Å². The molecule has 0 spiro atoms. The van der Waals surface area contributed by atoms with Crippen molar-refractivity contribution in [2.75, 3.05) is 11.5 Å². The van der Waals surface area contributed by atoms with E-state index in [1.807, 2.05) is 24.3 Å². The smallest absolute Gasteiger partial charge is 0.122 e. The molecule has 0 saturated heterocycles. The van der Waals surface area contributed by atoms with Gasteiger partial charge in [-0.25, -0.2) is 4.99 Å². The Bertz CT molecular complexity index is 1200. The van der Waals surface area contributed by atoms with Gasteiger partial charge in [-0.15, -0.1) is 13.2 Å². The molecular formula is C29H28N2O. The van der Waals surface area contributed by atoms with E-state index < -0.39 is 10.8 Å². The van der Waals surface area contributed by atoms with Crippen LogP contribution in [0.3, 0.4) is 0 Å². The average molecular weight is 421 g/mol. The quantitative estimate of drug-likeness (QED) is 0.471. The van der Waals surface area contributed by atoms with Crippen molar-refractivity contribution in [3.05, 3.63) is 121 Å². The molecule has 0 unspecified atom stereocenters. The molecular weight excluding hydrogens is 392 g/mol. The van der Waals surface area contributed by atoms with Gasteiger partial charge in [0.25, 0.3) is 0 Å². The van der Waals surface area contributed by atoms with Crippen molar-refractivity contribution in [1.29, 1.82) is 0 Å². The second kappa shape index (κ2) is 7.92. The van der Waals surface area contributed by atoms with Gasteiger partial charge in [-0.05, 0) is 41.7 Å². The summed E-state index contributed by atoms with van der Waals surface area (Å²) in [6, 6.07) is 27.3. The Morgan fingerprint density at radius 3 is 2.19 bits per heavy atom. The third-order valence-electron chi connectivity index (χ3n) is 7.15. The number of fused-ring (bicyclic) bond motifs is 4. The van der Waals surface area contributed by atoms with Crippen LogP contribution in [0.15, 0.2) is 109 Å². The summed E-state index contributed by atoms with van der Waals surface area (Å²) < 4.78 is 0. The van der Waals surface area contributed by atoms with Gasteiger partial charge in [0.15, 0.2) is 0 Å². The topological polar surface area (TPSA) is 35.8 Å². The fourth-order valence-corrected chi connectivity index (χ4v) is 5.84. The van der Waals surface area contributed by atoms with Crippen molar-refractivity contribution in [3.63, 3.8) is 0 Å². The third-order valence-corrected chi connectivity index (χ3v) is 7.15. The van der Waals surface area contributed by atoms with Crippen LogP contribution in [0.1, 0.15) is 29.5 Å². The largest absolute Gasteiger partial charge is 0.395 e. The van der Waals surface area contributed by atoms with Gasteiger partial charge in [0.1, 0.15) is 5.84 Å². The summed E-state index contributed by atoms with van der Waals surface area (Å²) in [5.74, 6) is 0.983. The molecule has 3 nitrogen and oxygen atoms in total. The molecule has 1 N–H and O–H groups in total. The lowest BCUT2D eigenvalue weighted by Gasteiger charge is -2.55. The molecule has 2 heterocycles. The van der Waals surface area contributed by atoms with E-state index in [1.165, 1.54) is 5.56 Å². The van der Waals surface area contributed by atoms with Gasteiger partial charge >= 0.3 is 0 Å². The van der Waals surface area contributed by atoms with E-state index >= 15 is 0 Å². The molecule has 32 heavy (non-hydrogen) atoms. The first-order chi connectivity index (χ1) is 15.7. The molecule has 0 radical (unpaired) electrons. The summed E-state index contributed by atoms with van der Waals surface area (Å²) >= 11 is 0. The first-order valence-corrected chi connectivity index (χ1v) is 11.1. The van der Waals surface area contributed by atoms with Crippen LogP contribution in [-0.2, 0) is 17.4 Å². The van der Waals surface area contributed by atoms with E-state index in [1.54, 1.807) is 0 Å². The Hall–Kier alpha value is -3.43. The lowest BCUT2D eigenvalue weighted by molar-refractivity contribution is 0.141. The van der Waals surface area contributed by atoms with Gasteiger partial charge in [-0.3, -0.25) is 0 Å². The summed E-state index contributed by atoms with van der Waals surface area (Å²) in [5, 5.41) is 11.1. The zero-order valence-electron chi connectivity index (χ0n) is 18.2. The number of allylic oxidation sites excluding steroid dienone is 2. The lowest BCUT2D eigenvalue weighted by atomic mass is 9.52. The minimum Gasteiger partial charge on any atom is -0.395 e. The van der Waals surface area contributed by atoms with E-state index in [9.17, 15) is 5.11 Å². The number of aliphatic hydroxyl groups is 1. The lowest BCUT2D eigenvalue weighted by Crippen LogP contribution is -2.63. The van der Waals surface area contributed by atoms with Crippen LogP contribution < -0.4 is 4.90 Å². The molecule has 0 aromatic heterocycles. The first kappa shape index (κ1) is 20.5. The van der Waals surface area contributed by atoms with Crippen LogP contribution in [-0.4, -0.2) is 17.5 Å². The summed E-state index contributed by atoms with van der Waals surface area (Å²) in [4.78, 5) is 7.55. The van der Waals surface area contributed by atoms with Gasteiger partial charge in [0.2, 0.25) is 0 Å². The van der Waals surface area contributed by atoms with Gasteiger partial charge in [-0.1, -0.05) is 78.9 Å². The number of benzene rings is 3. The highest BCUT2D eigenvalue weighted by Gasteiger charge is 2.62. The van der Waals surface area contributed by atoms with Gasteiger partial charge in [-0.2, -0.15) is 0 Å². The van der Waals surface area contributed by atoms with E-state index in [0.29, 0.717) is 19.4 Å². The monoisotopic (exact) mass is 420 g/mol. The Labute approximate surface area is 190 Å². The second-order valence-corrected chi connectivity index (χ2v) is 8.67. The molecule has 3 aromatic carbocycles. The minimum absolute atomic E-state index is 0.00357. The Balaban J connectivity index is 1.85. The number of amidine groups is 1. The fourth-order valence-electron chi connectivity index (χ4n) is 5.84. The van der Waals surface area contributed by atoms with Crippen molar-refractivity contribution in [1.82, 2.24) is 0 Å². The number of rotatable bonds is 7. The van der Waals surface area contributed by atoms with Gasteiger partial charge < -0.3 is 10.0 Å². The maximum absolute atomic E-state index is 11.1. The molecule has 2 atom stereocenters. The van der Waals surface area contributed by atoms with Gasteiger partial charge in [0.05, 0.1) is 17.7 Å². The fraction of sp³-hybridized carbons (Fsp3) is 0.207. The van der Waals surface area contributed by atoms with E-state index in [2.05, 4.69) is 84.8 Å². The van der Waals surface area contributed by atoms with Crippen LogP contribution in [0.4, 0.5) is 11.4 Å². The number of hydrogen-bond donors (Lipinski definition) is 1. The highest BCUT2D eigenvalue weighted by molar-refractivity contribution is 6.14. The molecule has 2 aliphatic heterocycles. The molecule has 3 aromatic rings. The van der Waals surface area contributed by atoms with Crippen LogP contribution >= 0.6 is 0 Å². The minimum atomic E-state index is -0.585. The Morgan fingerprint density at radius 1 is 0.812 bits per heavy atom. The molecule has 0 fully saturated rings. The summed E-state index contributed by atoms with van der Waals surface area (Å²) in [6.45, 7) is 8.91. The SMILES string of the molecule is C=CC[C@@]1(CO)c2ccccc2N(Cc2ccccc2)C2=Nc3ccccc3[C@]21CC=C. The van der Waals surface area contributed by atoms with Crippen LogP contribution in [0, 0.1) is 0 Å². The number of hydrogen-bond acceptors (Lipinski definition) is 3. The molecule has 0 aliphatic carbocycles. The number of aliphatic imine (C=N–C) groups is 1. The summed E-state index contributed by atoms with van der Waals surface area (Å²) in [5.41, 5.74) is 4.45. The number of nitrogens with zero attached hydrogens (tertiary/aromatic N) is 2. The third kappa shape index (κ3) is 2.68. The van der Waals surface area contributed by atoms with Crippen molar-refractivity contribution in [2.24, 2.45) is 4.99 Å². The zero-order chi connectivity index (χ0) is 22.2. The van der Waals surface area contributed by atoms with Crippen molar-refractivity contribution >= 4 is 17.2 Å². The van der Waals surface area contributed by atoms with Crippen LogP contribution in [0.25, 0.3) is 0 Å². The number of para-hydroxylation sites is 2. The molecule has 0 saturated carbocycles. The van der Waals surface area contributed by atoms with Gasteiger partial charge in [0, 0.05) is 17.6 Å². The maximum atomic E-state index is 11.1. The van der Waals surface area contributed by atoms with Crippen molar-refractivity contribution < 1.29 is 5.11 Å². The molecule has 0 bridgehead atoms. The average Bonchev–Trinajstić information content (AvgIpc) is 3.17. The molecule has 0 amide bonds. The molecule has 2 aliphatic rings. The number of aliphatic hydroxyl groups excluding tert-OH is 1. The zero-order valence-corrected chi connectivity index (χ0v) is 18.2. The maximum Gasteiger partial charge on any atom is 0.122 e. The predicted octanol–water partition coefficient (Wildman–Crippen LogP) is 6.07. The highest BCUT2D eigenvalue weighted by Crippen LogP contribution is 2.61. The van der Waals surface area contributed by atoms with Crippen molar-refractivity contribution in [3.8, 4) is 0 Å². The Morgan fingerprint density at radius 2 is 1.47 bits per heavy atom. The van der Waals surface area contributed by atoms with E-state index in [-0.39, 0.29) is 6.61 Å². The molecule has 5 rings (SSSR count). The van der Waals surface area contributed by atoms with E-state index in [0.717, 1.165) is 28.3 Å².